The van der Waals surface area contributed by atoms with Crippen LogP contribution in [-0.4, -0.2) is 55.5 Å². The molecule has 16 heteroatoms. The van der Waals surface area contributed by atoms with Crippen LogP contribution in [-0.2, 0) is 20.9 Å². The zero-order chi connectivity index (χ0) is 34.0. The molecule has 0 spiro atoms. The molecule has 0 bridgehead atoms. The second kappa shape index (κ2) is 13.4. The molecule has 1 aliphatic rings. The topological polar surface area (TPSA) is 127 Å². The molecule has 2 N–H and O–H groups in total. The van der Waals surface area contributed by atoms with Gasteiger partial charge in [0.2, 0.25) is 0 Å². The Balaban J connectivity index is 1.50. The van der Waals surface area contributed by atoms with Crippen molar-refractivity contribution < 1.29 is 45.0 Å². The van der Waals surface area contributed by atoms with Crippen LogP contribution in [0.2, 0.25) is 5.02 Å². The van der Waals surface area contributed by atoms with Crippen molar-refractivity contribution in [2.75, 3.05) is 25.0 Å². The SMILES string of the molecule is Cc1cc(F)ccc1Oc1cc(C(F)(F)F)c(Cl)cc1C(=O)Nc1ccnc(S(=O)(=O)NC[C@@H]2CCN(C(=O)OC(C)(C)C)C2)c1. The minimum Gasteiger partial charge on any atom is -0.456 e. The maximum absolute atomic E-state index is 13.6. The summed E-state index contributed by atoms with van der Waals surface area (Å²) in [5.74, 6) is -2.28. The zero-order valence-corrected chi connectivity index (χ0v) is 26.7. The number of nitrogens with zero attached hydrogens (tertiary/aromatic N) is 2. The molecular weight excluding hydrogens is 656 g/mol. The summed E-state index contributed by atoms with van der Waals surface area (Å²) in [6.45, 7) is 7.41. The Labute approximate surface area is 268 Å². The number of carbonyl (C=O) groups is 2. The molecular formula is C30H31ClF4N4O6S. The molecule has 0 aliphatic carbocycles. The Morgan fingerprint density at radius 2 is 1.80 bits per heavy atom. The van der Waals surface area contributed by atoms with Gasteiger partial charge in [-0.3, -0.25) is 4.79 Å². The fourth-order valence-corrected chi connectivity index (χ4v) is 5.86. The van der Waals surface area contributed by atoms with E-state index in [1.165, 1.54) is 24.0 Å². The maximum atomic E-state index is 13.6. The minimum absolute atomic E-state index is 0.00739. The average Bonchev–Trinajstić information content (AvgIpc) is 3.42. The molecule has 2 amide bonds. The summed E-state index contributed by atoms with van der Waals surface area (Å²) >= 11 is 5.88. The molecule has 1 saturated heterocycles. The average molecular weight is 687 g/mol. The van der Waals surface area contributed by atoms with Crippen molar-refractivity contribution in [3.63, 3.8) is 0 Å². The Bertz CT molecular complexity index is 1750. The third kappa shape index (κ3) is 8.85. The van der Waals surface area contributed by atoms with Gasteiger partial charge in [-0.05, 0) is 82.0 Å². The van der Waals surface area contributed by atoms with Gasteiger partial charge in [0.15, 0.2) is 5.03 Å². The first-order chi connectivity index (χ1) is 21.3. The third-order valence-corrected chi connectivity index (χ3v) is 8.38. The van der Waals surface area contributed by atoms with Crippen LogP contribution in [0.25, 0.3) is 0 Å². The molecule has 0 radical (unpaired) electrons. The number of benzene rings is 2. The van der Waals surface area contributed by atoms with Gasteiger partial charge < -0.3 is 19.7 Å². The number of rotatable bonds is 8. The summed E-state index contributed by atoms with van der Waals surface area (Å²) in [5, 5.41) is 1.22. The van der Waals surface area contributed by atoms with Gasteiger partial charge in [-0.25, -0.2) is 27.3 Å². The van der Waals surface area contributed by atoms with E-state index in [9.17, 15) is 35.6 Å². The second-order valence-electron chi connectivity index (χ2n) is 11.6. The van der Waals surface area contributed by atoms with E-state index in [1.807, 2.05) is 0 Å². The van der Waals surface area contributed by atoms with Gasteiger partial charge in [-0.2, -0.15) is 13.2 Å². The van der Waals surface area contributed by atoms with Crippen molar-refractivity contribution in [1.29, 1.82) is 0 Å². The lowest BCUT2D eigenvalue weighted by atomic mass is 10.1. The van der Waals surface area contributed by atoms with Crippen LogP contribution >= 0.6 is 11.6 Å². The number of aromatic nitrogens is 1. The first kappa shape index (κ1) is 34.9. The van der Waals surface area contributed by atoms with E-state index in [-0.39, 0.29) is 29.5 Å². The predicted octanol–water partition coefficient (Wildman–Crippen LogP) is 6.78. The standard InChI is InChI=1S/C30H31ClF4N4O6S/c1-17-11-19(32)5-6-24(17)44-25-14-22(30(33,34)35)23(31)13-21(25)27(40)38-20-7-9-36-26(12-20)46(42,43)37-15-18-8-10-39(16-18)28(41)45-29(2,3)4/h5-7,9,11-14,18,37H,8,10,15-16H2,1-4H3,(H,36,38,40)/t18-/m0/s1. The van der Waals surface area contributed by atoms with Gasteiger partial charge in [0.05, 0.1) is 16.1 Å². The molecule has 1 aliphatic heterocycles. The lowest BCUT2D eigenvalue weighted by Gasteiger charge is -2.24. The normalized spacial score (nSPS) is 15.5. The first-order valence-electron chi connectivity index (χ1n) is 13.9. The first-order valence-corrected chi connectivity index (χ1v) is 15.8. The Morgan fingerprint density at radius 1 is 1.09 bits per heavy atom. The molecule has 1 aromatic heterocycles. The fraction of sp³-hybridized carbons (Fsp3) is 0.367. The molecule has 3 aromatic rings. The van der Waals surface area contributed by atoms with Crippen LogP contribution in [0, 0.1) is 18.7 Å². The highest BCUT2D eigenvalue weighted by molar-refractivity contribution is 7.89. The number of nitrogens with one attached hydrogen (secondary N) is 2. The molecule has 0 saturated carbocycles. The van der Waals surface area contributed by atoms with E-state index < -0.39 is 66.5 Å². The van der Waals surface area contributed by atoms with Gasteiger partial charge in [0, 0.05) is 37.6 Å². The van der Waals surface area contributed by atoms with Gasteiger partial charge in [-0.15, -0.1) is 0 Å². The van der Waals surface area contributed by atoms with Gasteiger partial charge in [0.25, 0.3) is 15.9 Å². The lowest BCUT2D eigenvalue weighted by Crippen LogP contribution is -2.36. The van der Waals surface area contributed by atoms with Gasteiger partial charge >= 0.3 is 12.3 Å². The van der Waals surface area contributed by atoms with Crippen LogP contribution in [0.3, 0.4) is 0 Å². The number of carbonyl (C=O) groups excluding carboxylic acids is 2. The minimum atomic E-state index is -4.88. The molecule has 4 rings (SSSR count). The van der Waals surface area contributed by atoms with E-state index in [0.29, 0.717) is 25.6 Å². The molecule has 2 aromatic carbocycles. The maximum Gasteiger partial charge on any atom is 0.417 e. The number of hydrogen-bond acceptors (Lipinski definition) is 7. The zero-order valence-electron chi connectivity index (χ0n) is 25.2. The fourth-order valence-electron chi connectivity index (χ4n) is 4.50. The summed E-state index contributed by atoms with van der Waals surface area (Å²) in [4.78, 5) is 31.0. The number of ether oxygens (including phenoxy) is 2. The van der Waals surface area contributed by atoms with Crippen molar-refractivity contribution in [2.45, 2.75) is 50.9 Å². The second-order valence-corrected chi connectivity index (χ2v) is 13.7. The van der Waals surface area contributed by atoms with E-state index in [0.717, 1.165) is 30.5 Å². The van der Waals surface area contributed by atoms with E-state index >= 15 is 0 Å². The number of pyridine rings is 1. The number of anilines is 1. The van der Waals surface area contributed by atoms with Crippen molar-refractivity contribution in [3.8, 4) is 11.5 Å². The Morgan fingerprint density at radius 3 is 2.46 bits per heavy atom. The summed E-state index contributed by atoms with van der Waals surface area (Å²) < 4.78 is 94.0. The highest BCUT2D eigenvalue weighted by Gasteiger charge is 2.35. The molecule has 1 fully saturated rings. The monoisotopic (exact) mass is 686 g/mol. The van der Waals surface area contributed by atoms with Crippen molar-refractivity contribution in [3.05, 3.63) is 76.2 Å². The van der Waals surface area contributed by atoms with Crippen LogP contribution in [0.4, 0.5) is 28.0 Å². The summed E-state index contributed by atoms with van der Waals surface area (Å²) in [5.41, 5.74) is -2.13. The number of alkyl halides is 3. The van der Waals surface area contributed by atoms with E-state index in [1.54, 1.807) is 20.8 Å². The summed E-state index contributed by atoms with van der Waals surface area (Å²) in [6.07, 6.45) is -3.69. The van der Waals surface area contributed by atoms with Gasteiger partial charge in [0.1, 0.15) is 22.9 Å². The van der Waals surface area contributed by atoms with E-state index in [4.69, 9.17) is 21.1 Å². The predicted molar refractivity (Wildman–Crippen MR) is 161 cm³/mol. The van der Waals surface area contributed by atoms with Gasteiger partial charge in [-0.1, -0.05) is 11.6 Å². The molecule has 0 unspecified atom stereocenters. The molecule has 10 nitrogen and oxygen atoms in total. The number of likely N-dealkylation sites (tertiary alicyclic amines) is 1. The van der Waals surface area contributed by atoms with Crippen molar-refractivity contribution in [1.82, 2.24) is 14.6 Å². The number of hydrogen-bond donors (Lipinski definition) is 2. The van der Waals surface area contributed by atoms with Crippen LogP contribution in [0.15, 0.2) is 53.7 Å². The largest absolute Gasteiger partial charge is 0.456 e. The van der Waals surface area contributed by atoms with Crippen molar-refractivity contribution >= 4 is 39.3 Å². The Kier molecular flexibility index (Phi) is 10.2. The summed E-state index contributed by atoms with van der Waals surface area (Å²) in [7, 11) is -4.17. The highest BCUT2D eigenvalue weighted by Crippen LogP contribution is 2.40. The van der Waals surface area contributed by atoms with Crippen LogP contribution < -0.4 is 14.8 Å². The molecule has 46 heavy (non-hydrogen) atoms. The molecule has 2 heterocycles. The molecule has 1 atom stereocenters. The van der Waals surface area contributed by atoms with Crippen molar-refractivity contribution in [2.24, 2.45) is 5.92 Å². The number of sulfonamides is 1. The lowest BCUT2D eigenvalue weighted by molar-refractivity contribution is -0.137. The Hall–Kier alpha value is -3.95. The summed E-state index contributed by atoms with van der Waals surface area (Å²) in [6, 6.07) is 7.02. The van der Waals surface area contributed by atoms with Crippen LogP contribution in [0.5, 0.6) is 11.5 Å². The number of halogens is 5. The smallest absolute Gasteiger partial charge is 0.417 e. The highest BCUT2D eigenvalue weighted by atomic mass is 35.5. The number of aryl methyl sites for hydroxylation is 1. The third-order valence-electron chi connectivity index (χ3n) is 6.74. The number of amides is 2. The van der Waals surface area contributed by atoms with Crippen LogP contribution in [0.1, 0.15) is 48.7 Å². The molecule has 248 valence electrons. The van der Waals surface area contributed by atoms with E-state index in [2.05, 4.69) is 15.0 Å². The quantitative estimate of drug-likeness (QED) is 0.250.